The summed E-state index contributed by atoms with van der Waals surface area (Å²) in [5.74, 6) is -0.772. The third-order valence-electron chi connectivity index (χ3n) is 16.1. The molecular formula is C63H108N15O15P3S3. The first kappa shape index (κ1) is 91.5. The van der Waals surface area contributed by atoms with Crippen molar-refractivity contribution in [2.45, 2.75) is 169 Å². The highest BCUT2D eigenvalue weighted by Gasteiger charge is 2.39. The summed E-state index contributed by atoms with van der Waals surface area (Å²) in [4.78, 5) is 190. The number of ketones is 3. The fourth-order valence-electron chi connectivity index (χ4n) is 9.81. The van der Waals surface area contributed by atoms with Gasteiger partial charge in [-0.25, -0.2) is 0 Å². The van der Waals surface area contributed by atoms with Crippen molar-refractivity contribution in [3.8, 4) is 0 Å². The van der Waals surface area contributed by atoms with Crippen molar-refractivity contribution >= 4 is 170 Å². The van der Waals surface area contributed by atoms with E-state index in [1.807, 2.05) is 0 Å². The highest BCUT2D eigenvalue weighted by Crippen LogP contribution is 2.28. The number of nitrogens with one attached hydrogen (secondary N) is 6. The standard InChI is InChI=1S/3C21H36N5O5PS/c3*1-22-10-11-23-20(30)16(13-15(27)8-9-24-32)25(2)18(28)7-5-4-6-12-33-17-14-19(29)26(3)21(17)31/h3*9,16-17,22H,4-8,10-14,32H2,1-3H3,(H,23,30)/t3*16-,17?/m000/s1. The van der Waals surface area contributed by atoms with E-state index in [9.17, 15) is 71.9 Å². The first-order chi connectivity index (χ1) is 47.2. The molecule has 3 rings (SSSR count). The molecule has 3 aliphatic heterocycles. The molecule has 99 heavy (non-hydrogen) atoms. The average molecular weight is 1500 g/mol. The summed E-state index contributed by atoms with van der Waals surface area (Å²) in [5.41, 5.74) is 0. The third-order valence-corrected chi connectivity index (χ3v) is 20.6. The average Bonchev–Trinajstić information content (AvgIpc) is 1.75. The van der Waals surface area contributed by atoms with Gasteiger partial charge in [0.1, 0.15) is 35.5 Å². The van der Waals surface area contributed by atoms with E-state index in [0.717, 1.165) is 55.8 Å². The lowest BCUT2D eigenvalue weighted by Crippen LogP contribution is -2.49. The Balaban J connectivity index is 0.000000742. The summed E-state index contributed by atoms with van der Waals surface area (Å²) in [6.45, 7) is 2.95. The van der Waals surface area contributed by atoms with E-state index in [-0.39, 0.29) is 181 Å². The number of amides is 12. The van der Waals surface area contributed by atoms with E-state index in [4.69, 9.17) is 0 Å². The number of Topliss-reactive ketones (excluding diaryl/α,β-unsaturated/α-hetero) is 3. The lowest BCUT2D eigenvalue weighted by atomic mass is 10.1. The maximum Gasteiger partial charge on any atom is 0.243 e. The molecule has 6 unspecified atom stereocenters. The van der Waals surface area contributed by atoms with Crippen molar-refractivity contribution in [2.24, 2.45) is 14.3 Å². The van der Waals surface area contributed by atoms with E-state index in [0.29, 0.717) is 58.5 Å². The first-order valence-corrected chi connectivity index (χ1v) is 37.9. The van der Waals surface area contributed by atoms with Gasteiger partial charge in [0.25, 0.3) is 0 Å². The molecule has 9 atom stereocenters. The van der Waals surface area contributed by atoms with E-state index >= 15 is 0 Å². The number of carbonyl (C=O) groups is 15. The van der Waals surface area contributed by atoms with Gasteiger partial charge in [-0.05, 0) is 105 Å². The lowest BCUT2D eigenvalue weighted by Gasteiger charge is -2.27. The number of rotatable bonds is 48. The second-order valence-corrected chi connectivity index (χ2v) is 28.4. The highest BCUT2D eigenvalue weighted by molar-refractivity contribution is 8.01. The monoisotopic (exact) mass is 1500 g/mol. The molecule has 12 amide bonds. The zero-order valence-electron chi connectivity index (χ0n) is 59.0. The van der Waals surface area contributed by atoms with Crippen LogP contribution in [0.4, 0.5) is 0 Å². The minimum Gasteiger partial charge on any atom is -0.353 e. The molecule has 558 valence electrons. The first-order valence-electron chi connectivity index (χ1n) is 33.2. The van der Waals surface area contributed by atoms with Crippen LogP contribution in [0.5, 0.6) is 0 Å². The number of thioether (sulfide) groups is 3. The second kappa shape index (κ2) is 53.3. The van der Waals surface area contributed by atoms with Crippen LogP contribution in [0.15, 0.2) is 14.3 Å². The van der Waals surface area contributed by atoms with Gasteiger partial charge in [-0.2, -0.15) is 0 Å². The van der Waals surface area contributed by atoms with Gasteiger partial charge in [0.05, 0.1) is 15.7 Å². The van der Waals surface area contributed by atoms with Gasteiger partial charge in [-0.15, -0.1) is 35.3 Å². The Morgan fingerprint density at radius 2 is 0.667 bits per heavy atom. The van der Waals surface area contributed by atoms with E-state index in [1.54, 1.807) is 42.3 Å². The molecule has 0 saturated carbocycles. The van der Waals surface area contributed by atoms with Crippen LogP contribution in [-0.4, -0.2) is 290 Å². The summed E-state index contributed by atoms with van der Waals surface area (Å²) in [6, 6.07) is -2.59. The Morgan fingerprint density at radius 3 is 0.869 bits per heavy atom. The second-order valence-electron chi connectivity index (χ2n) is 23.6. The molecule has 3 heterocycles. The van der Waals surface area contributed by atoms with Crippen LogP contribution < -0.4 is 31.9 Å². The Kier molecular flexibility index (Phi) is 49.3. The molecule has 6 N–H and O–H groups in total. The number of unbranched alkanes of at least 4 members (excludes halogenated alkanes) is 6. The van der Waals surface area contributed by atoms with Crippen LogP contribution in [-0.2, 0) is 71.9 Å². The van der Waals surface area contributed by atoms with Crippen molar-refractivity contribution in [3.63, 3.8) is 0 Å². The molecule has 3 aliphatic rings. The number of carbonyl (C=O) groups excluding carboxylic acids is 15. The predicted octanol–water partition coefficient (Wildman–Crippen LogP) is 1.23. The molecule has 0 radical (unpaired) electrons. The van der Waals surface area contributed by atoms with Gasteiger partial charge in [-0.3, -0.25) is 101 Å². The molecule has 30 nitrogen and oxygen atoms in total. The van der Waals surface area contributed by atoms with Gasteiger partial charge in [0.15, 0.2) is 0 Å². The molecule has 3 saturated heterocycles. The zero-order valence-corrected chi connectivity index (χ0v) is 64.9. The van der Waals surface area contributed by atoms with Crippen molar-refractivity contribution in [1.29, 1.82) is 0 Å². The van der Waals surface area contributed by atoms with Crippen molar-refractivity contribution in [2.75, 3.05) is 120 Å². The smallest absolute Gasteiger partial charge is 0.243 e. The van der Waals surface area contributed by atoms with Crippen LogP contribution in [0, 0.1) is 0 Å². The van der Waals surface area contributed by atoms with Crippen LogP contribution in [0.3, 0.4) is 0 Å². The largest absolute Gasteiger partial charge is 0.353 e. The van der Waals surface area contributed by atoms with Crippen molar-refractivity contribution in [1.82, 2.24) is 61.3 Å². The number of nitrogens with zero attached hydrogens (tertiary/aromatic N) is 9. The molecule has 36 heteroatoms. The predicted molar refractivity (Wildman–Crippen MR) is 399 cm³/mol. The SMILES string of the molecule is CNCCNC(=O)[C@H](CC(=O)CC=NP)N(C)C(=O)CCCCCSC1CC(=O)N(C)C1=O.CNCCNC(=O)[C@H](CC(=O)CC=NP)N(C)C(=O)CCCCCSC1CC(=O)N(C)C1=O.CNCCNC(=O)[C@H](CC(=O)CC=NP)N(C)C(=O)CCCCCSC1CC(=O)N(C)C1=O. The van der Waals surface area contributed by atoms with Crippen molar-refractivity contribution < 1.29 is 71.9 Å². The quantitative estimate of drug-likeness (QED) is 0.0216. The minimum atomic E-state index is -0.863. The lowest BCUT2D eigenvalue weighted by molar-refractivity contribution is -0.140. The van der Waals surface area contributed by atoms with Gasteiger partial charge >= 0.3 is 0 Å². The van der Waals surface area contributed by atoms with Crippen LogP contribution in [0.1, 0.15) is 135 Å². The normalized spacial score (nSPS) is 17.0. The Bertz CT molecular complexity index is 2490. The van der Waals surface area contributed by atoms with Gasteiger partial charge < -0.3 is 46.6 Å². The Morgan fingerprint density at radius 1 is 0.424 bits per heavy atom. The zero-order chi connectivity index (χ0) is 74.4. The van der Waals surface area contributed by atoms with E-state index < -0.39 is 18.1 Å². The molecule has 0 aliphatic carbocycles. The number of imide groups is 3. The molecule has 0 aromatic carbocycles. The molecule has 3 fully saturated rings. The maximum atomic E-state index is 12.7. The molecule has 0 aromatic heterocycles. The number of hydrogen-bond donors (Lipinski definition) is 6. The van der Waals surface area contributed by atoms with Gasteiger partial charge in [0, 0.05) is 177 Å². The Hall–Kier alpha value is -5.52. The molecular weight excluding hydrogens is 1400 g/mol. The number of likely N-dealkylation sites (N-methyl/N-ethyl adjacent to an activating group) is 6. The topological polar surface area (TPSA) is 385 Å². The third kappa shape index (κ3) is 36.3. The number of likely N-dealkylation sites (tertiary alicyclic amines) is 3. The van der Waals surface area contributed by atoms with Gasteiger partial charge in [-0.1, -0.05) is 19.3 Å². The van der Waals surface area contributed by atoms with Gasteiger partial charge in [0.2, 0.25) is 70.9 Å². The number of hydrogen-bond acceptors (Lipinski definition) is 24. The van der Waals surface area contributed by atoms with Crippen LogP contribution in [0.2, 0.25) is 0 Å². The fourth-order valence-corrected chi connectivity index (χ4v) is 13.8. The van der Waals surface area contributed by atoms with E-state index in [2.05, 4.69) is 74.4 Å². The molecule has 0 spiro atoms. The minimum absolute atomic E-state index is 0.0659. The summed E-state index contributed by atoms with van der Waals surface area (Å²) in [6.07, 6.45) is 12.8. The Labute approximate surface area is 603 Å². The summed E-state index contributed by atoms with van der Waals surface area (Å²) >= 11 is 4.44. The molecule has 0 bridgehead atoms. The van der Waals surface area contributed by atoms with Crippen molar-refractivity contribution in [3.05, 3.63) is 0 Å². The van der Waals surface area contributed by atoms with Crippen LogP contribution >= 0.6 is 63.5 Å². The fraction of sp³-hybridized carbons (Fsp3) is 0.714. The summed E-state index contributed by atoms with van der Waals surface area (Å²) < 4.78 is 11.1. The van der Waals surface area contributed by atoms with E-state index in [1.165, 1.54) is 104 Å². The summed E-state index contributed by atoms with van der Waals surface area (Å²) in [7, 11) is 20.9. The van der Waals surface area contributed by atoms with Crippen LogP contribution in [0.25, 0.3) is 0 Å². The highest BCUT2D eigenvalue weighted by atomic mass is 32.2. The molecule has 0 aromatic rings. The maximum absolute atomic E-state index is 12.7. The summed E-state index contributed by atoms with van der Waals surface area (Å²) in [5, 5.41) is 16.2.